The molecule has 3 aromatic carbocycles. The van der Waals surface area contributed by atoms with Gasteiger partial charge in [-0.25, -0.2) is 14.0 Å². The molecule has 0 bridgehead atoms. The van der Waals surface area contributed by atoms with Crippen LogP contribution in [0.25, 0.3) is 0 Å². The maximum atomic E-state index is 14.6. The van der Waals surface area contributed by atoms with Gasteiger partial charge in [-0.2, -0.15) is 0 Å². The highest BCUT2D eigenvalue weighted by Gasteiger charge is 2.04. The summed E-state index contributed by atoms with van der Waals surface area (Å²) in [7, 11) is 0. The Labute approximate surface area is 203 Å². The summed E-state index contributed by atoms with van der Waals surface area (Å²) in [6, 6.07) is 19.0. The lowest BCUT2D eigenvalue weighted by Crippen LogP contribution is -2.01. The average Bonchev–Trinajstić information content (AvgIpc) is 2.89. The number of carbonyl (C=O) groups is 2. The Morgan fingerprint density at radius 2 is 1.34 bits per heavy atom. The largest absolute Gasteiger partial charge is 0.458 e. The highest BCUT2D eigenvalue weighted by molar-refractivity contribution is 5.81. The van der Waals surface area contributed by atoms with Gasteiger partial charge in [0.1, 0.15) is 19.0 Å². The molecule has 5 heteroatoms. The molecule has 4 nitrogen and oxygen atoms in total. The molecular weight excluding hydrogens is 443 g/mol. The van der Waals surface area contributed by atoms with Crippen LogP contribution in [0.5, 0.6) is 0 Å². The molecule has 3 aromatic rings. The molecule has 0 amide bonds. The highest BCUT2D eigenvalue weighted by atomic mass is 19.1. The van der Waals surface area contributed by atoms with Crippen molar-refractivity contribution in [3.63, 3.8) is 0 Å². The van der Waals surface area contributed by atoms with E-state index in [-0.39, 0.29) is 18.8 Å². The summed E-state index contributed by atoms with van der Waals surface area (Å²) >= 11 is 0. The molecule has 0 saturated carbocycles. The number of ether oxygens (including phenoxy) is 2. The predicted octanol–water partition coefficient (Wildman–Crippen LogP) is 5.08. The molecule has 0 N–H and O–H groups in total. The van der Waals surface area contributed by atoms with Gasteiger partial charge in [-0.1, -0.05) is 67.2 Å². The van der Waals surface area contributed by atoms with Crippen molar-refractivity contribution in [1.82, 2.24) is 0 Å². The average molecular weight is 464 g/mol. The molecule has 0 aliphatic heterocycles. The second-order valence-corrected chi connectivity index (χ2v) is 7.17. The van der Waals surface area contributed by atoms with Crippen LogP contribution in [0.2, 0.25) is 0 Å². The summed E-state index contributed by atoms with van der Waals surface area (Å²) in [4.78, 5) is 22.4. The quantitative estimate of drug-likeness (QED) is 0.290. The lowest BCUT2D eigenvalue weighted by molar-refractivity contribution is -0.139. The van der Waals surface area contributed by atoms with Crippen LogP contribution in [0, 0.1) is 29.5 Å². The molecule has 0 aliphatic carbocycles. The fourth-order valence-electron chi connectivity index (χ4n) is 2.85. The Balaban J connectivity index is 1.69. The van der Waals surface area contributed by atoms with Gasteiger partial charge in [0.15, 0.2) is 0 Å². The topological polar surface area (TPSA) is 52.6 Å². The number of carbonyl (C=O) groups excluding carboxylic acids is 2. The van der Waals surface area contributed by atoms with Gasteiger partial charge in [-0.3, -0.25) is 0 Å². The van der Waals surface area contributed by atoms with Crippen molar-refractivity contribution in [2.45, 2.75) is 13.2 Å². The van der Waals surface area contributed by atoms with E-state index in [0.29, 0.717) is 16.7 Å². The van der Waals surface area contributed by atoms with E-state index in [4.69, 9.17) is 9.47 Å². The van der Waals surface area contributed by atoms with Crippen LogP contribution < -0.4 is 0 Å². The van der Waals surface area contributed by atoms with Crippen molar-refractivity contribution in [2.24, 2.45) is 0 Å². The maximum Gasteiger partial charge on any atom is 0.330 e. The van der Waals surface area contributed by atoms with Crippen LogP contribution in [-0.4, -0.2) is 11.9 Å². The zero-order valence-corrected chi connectivity index (χ0v) is 18.8. The molecule has 0 saturated heterocycles. The lowest BCUT2D eigenvalue weighted by atomic mass is 10.1. The minimum Gasteiger partial charge on any atom is -0.458 e. The van der Waals surface area contributed by atoms with Gasteiger partial charge in [-0.05, 0) is 42.0 Å². The molecule has 35 heavy (non-hydrogen) atoms. The highest BCUT2D eigenvalue weighted by Crippen LogP contribution is 2.12. The van der Waals surface area contributed by atoms with Crippen molar-refractivity contribution in [2.75, 3.05) is 0 Å². The van der Waals surface area contributed by atoms with Crippen LogP contribution in [0.4, 0.5) is 4.39 Å². The van der Waals surface area contributed by atoms with Crippen molar-refractivity contribution in [3.8, 4) is 23.7 Å². The number of hydrogen-bond donors (Lipinski definition) is 0. The molecular formula is C30H21FO4. The fraction of sp³-hybridized carbons (Fsp3) is 0.0667. The number of esters is 2. The van der Waals surface area contributed by atoms with Crippen molar-refractivity contribution in [3.05, 3.63) is 131 Å². The Morgan fingerprint density at radius 1 is 0.743 bits per heavy atom. The number of hydrogen-bond acceptors (Lipinski definition) is 4. The maximum absolute atomic E-state index is 14.6. The van der Waals surface area contributed by atoms with Gasteiger partial charge >= 0.3 is 11.9 Å². The SMILES string of the molecule is C=CC(=O)OCc1ccc(C#Cc2ccc(C#Cc3ccccc3COC(=O)C=C)c(F)c2)cc1. The van der Waals surface area contributed by atoms with Crippen LogP contribution in [0.15, 0.2) is 92.0 Å². The van der Waals surface area contributed by atoms with E-state index in [9.17, 15) is 14.0 Å². The smallest absolute Gasteiger partial charge is 0.330 e. The fourth-order valence-corrected chi connectivity index (χ4v) is 2.85. The van der Waals surface area contributed by atoms with Gasteiger partial charge in [0, 0.05) is 34.4 Å². The molecule has 0 spiro atoms. The van der Waals surface area contributed by atoms with Crippen molar-refractivity contribution < 1.29 is 23.5 Å². The lowest BCUT2D eigenvalue weighted by Gasteiger charge is -2.04. The molecule has 0 atom stereocenters. The molecule has 3 rings (SSSR count). The van der Waals surface area contributed by atoms with E-state index >= 15 is 0 Å². The summed E-state index contributed by atoms with van der Waals surface area (Å²) in [6.45, 7) is 6.91. The third-order valence-corrected chi connectivity index (χ3v) is 4.71. The second-order valence-electron chi connectivity index (χ2n) is 7.17. The number of rotatable bonds is 6. The second kappa shape index (κ2) is 12.4. The molecule has 0 aromatic heterocycles. The Kier molecular flexibility index (Phi) is 8.77. The standard InChI is InChI=1S/C30H21FO4/c1-3-29(32)34-20-24-13-10-22(11-14-24)9-12-23-15-16-26(28(31)19-23)18-17-25-7-5-6-8-27(25)21-35-30(33)4-2/h3-8,10-11,13-16,19H,1-2,20-21H2. The minimum atomic E-state index is -0.527. The zero-order valence-electron chi connectivity index (χ0n) is 18.8. The molecule has 0 heterocycles. The van der Waals surface area contributed by atoms with Gasteiger partial charge in [0.2, 0.25) is 0 Å². The van der Waals surface area contributed by atoms with E-state index in [1.807, 2.05) is 6.07 Å². The normalized spacial score (nSPS) is 9.51. The summed E-state index contributed by atoms with van der Waals surface area (Å²) in [5, 5.41) is 0. The minimum absolute atomic E-state index is 0.0493. The van der Waals surface area contributed by atoms with Crippen LogP contribution >= 0.6 is 0 Å². The van der Waals surface area contributed by atoms with Gasteiger partial charge in [0.05, 0.1) is 5.56 Å². The monoisotopic (exact) mass is 464 g/mol. The molecule has 172 valence electrons. The Hall–Kier alpha value is -4.87. The van der Waals surface area contributed by atoms with E-state index in [0.717, 1.165) is 23.3 Å². The van der Waals surface area contributed by atoms with Crippen LogP contribution in [0.3, 0.4) is 0 Å². The first-order chi connectivity index (χ1) is 17.0. The zero-order chi connectivity index (χ0) is 25.0. The van der Waals surface area contributed by atoms with Crippen LogP contribution in [-0.2, 0) is 32.3 Å². The summed E-state index contributed by atoms with van der Waals surface area (Å²) in [5.74, 6) is 10.2. The third-order valence-electron chi connectivity index (χ3n) is 4.71. The Bertz CT molecular complexity index is 1380. The third kappa shape index (κ3) is 7.60. The molecule has 0 aliphatic rings. The van der Waals surface area contributed by atoms with Gasteiger partial charge in [-0.15, -0.1) is 0 Å². The van der Waals surface area contributed by atoms with E-state index < -0.39 is 17.8 Å². The summed E-state index contributed by atoms with van der Waals surface area (Å²) < 4.78 is 24.7. The van der Waals surface area contributed by atoms with E-state index in [1.165, 1.54) is 6.07 Å². The predicted molar refractivity (Wildman–Crippen MR) is 131 cm³/mol. The van der Waals surface area contributed by atoms with E-state index in [2.05, 4.69) is 36.8 Å². The first-order valence-corrected chi connectivity index (χ1v) is 10.6. The molecule has 0 unspecified atom stereocenters. The van der Waals surface area contributed by atoms with Gasteiger partial charge < -0.3 is 9.47 Å². The van der Waals surface area contributed by atoms with E-state index in [1.54, 1.807) is 54.6 Å². The first-order valence-electron chi connectivity index (χ1n) is 10.6. The first kappa shape index (κ1) is 24.8. The Morgan fingerprint density at radius 3 is 2.03 bits per heavy atom. The van der Waals surface area contributed by atoms with Gasteiger partial charge in [0.25, 0.3) is 0 Å². The molecule has 0 fully saturated rings. The summed E-state index contributed by atoms with van der Waals surface area (Å²) in [6.07, 6.45) is 2.20. The van der Waals surface area contributed by atoms with Crippen LogP contribution in [0.1, 0.15) is 33.4 Å². The van der Waals surface area contributed by atoms with Crippen molar-refractivity contribution >= 4 is 11.9 Å². The summed E-state index contributed by atoms with van der Waals surface area (Å²) in [5.41, 5.74) is 3.64. The molecule has 0 radical (unpaired) electrons. The number of benzene rings is 3. The van der Waals surface area contributed by atoms with Crippen molar-refractivity contribution in [1.29, 1.82) is 0 Å². The number of halogens is 1.